The average molecular weight is 996 g/mol. The third-order valence-corrected chi connectivity index (χ3v) is 5.84. The molecule has 0 fully saturated rings. The smallest absolute Gasteiger partial charge is 0.582 e. The molecule has 0 aliphatic rings. The number of nitrogens with zero attached hydrogens (tertiary/aromatic N) is 18. The van der Waals surface area contributed by atoms with Crippen LogP contribution < -0.4 is 21.4 Å². The van der Waals surface area contributed by atoms with Crippen molar-refractivity contribution in [3.8, 4) is 0 Å². The van der Waals surface area contributed by atoms with E-state index in [1.807, 2.05) is 101 Å². The van der Waals surface area contributed by atoms with Gasteiger partial charge in [0.15, 0.2) is 0 Å². The van der Waals surface area contributed by atoms with E-state index in [4.69, 9.17) is 21.0 Å². The van der Waals surface area contributed by atoms with E-state index in [0.29, 0.717) is 0 Å². The summed E-state index contributed by atoms with van der Waals surface area (Å²) < 4.78 is 89.2. The topological polar surface area (TPSA) is 240 Å². The Morgan fingerprint density at radius 3 is 0.655 bits per heavy atom. The monoisotopic (exact) mass is 998 g/mol. The molecule has 308 valence electrons. The minimum atomic E-state index is -6.00. The van der Waals surface area contributed by atoms with Gasteiger partial charge in [0, 0.05) is 49.6 Å². The molecule has 8 aromatic rings. The molecule has 0 aliphatic carbocycles. The molecular formula is C24H26B4F8N18O2Ru2. The second-order valence-electron chi connectivity index (χ2n) is 9.55. The second kappa shape index (κ2) is 31.0. The summed E-state index contributed by atoms with van der Waals surface area (Å²) in [4.78, 5) is 14.5. The summed E-state index contributed by atoms with van der Waals surface area (Å²) in [6, 6.07) is 14.9. The third kappa shape index (κ3) is 24.4. The summed E-state index contributed by atoms with van der Waals surface area (Å²) in [5.74, 6) is 0. The fourth-order valence-electron chi connectivity index (χ4n) is 4.08. The Bertz CT molecular complexity index is 1590. The normalized spacial score (nSPS) is 9.69. The van der Waals surface area contributed by atoms with E-state index < -0.39 is 28.7 Å². The van der Waals surface area contributed by atoms with Gasteiger partial charge in [-0.2, -0.15) is 12.4 Å². The number of hydrogen-bond donors (Lipinski definition) is 0. The van der Waals surface area contributed by atoms with Gasteiger partial charge in [0.25, 0.3) is 0 Å². The summed E-state index contributed by atoms with van der Waals surface area (Å²) in [5.41, 5.74) is 11.5. The average Bonchev–Trinajstić information content (AvgIpc) is 4.01. The maximum atomic E-state index is 9.75. The molecule has 0 N–H and O–H groups in total. The van der Waals surface area contributed by atoms with Crippen molar-refractivity contribution in [2.75, 3.05) is 0 Å². The number of hydrogen-bond acceptors (Lipinski definition) is 10. The Balaban J connectivity index is 0. The Morgan fingerprint density at radius 1 is 0.379 bits per heavy atom. The van der Waals surface area contributed by atoms with Gasteiger partial charge >= 0.3 is 67.7 Å². The molecule has 8 aromatic heterocycles. The van der Waals surface area contributed by atoms with Crippen LogP contribution in [0.4, 0.5) is 34.5 Å². The van der Waals surface area contributed by atoms with Gasteiger partial charge in [-0.05, 0) is 73.6 Å². The van der Waals surface area contributed by atoms with Crippen molar-refractivity contribution in [1.82, 2.24) is 89.7 Å². The summed E-state index contributed by atoms with van der Waals surface area (Å²) in [5, 5.41) is 39.5. The van der Waals surface area contributed by atoms with E-state index in [9.17, 15) is 34.5 Å². The van der Waals surface area contributed by atoms with Crippen LogP contribution in [0.5, 0.6) is 0 Å². The van der Waals surface area contributed by atoms with Crippen LogP contribution in [0.3, 0.4) is 0 Å². The molecule has 8 rings (SSSR count). The minimum absolute atomic E-state index is 0. The molecular weight excluding hydrogens is 970 g/mol. The SMILES string of the molecule is F[B-](F)(F)F.F[B-](F)(F)F.[N]=O.[N]=O.[Ru+3].[Ru+3].c1cn[n-]c1.c1cn[n-]c1.c1cnn([BH-](n2cccn2)n2cccn2)c1.c1cnn([BH-](n2cccn2)n2cccn2)c1. The fraction of sp³-hybridized carbons (Fsp3) is 0. The second-order valence-corrected chi connectivity index (χ2v) is 9.55. The summed E-state index contributed by atoms with van der Waals surface area (Å²) in [6.45, 7) is 0. The zero-order chi connectivity index (χ0) is 41.7. The molecule has 0 saturated heterocycles. The van der Waals surface area contributed by atoms with Crippen molar-refractivity contribution >= 4 is 28.7 Å². The molecule has 58 heavy (non-hydrogen) atoms. The first-order valence-corrected chi connectivity index (χ1v) is 15.1. The molecule has 8 heterocycles. The summed E-state index contributed by atoms with van der Waals surface area (Å²) >= 11 is 0. The van der Waals surface area contributed by atoms with Gasteiger partial charge in [-0.25, -0.2) is 30.6 Å². The van der Waals surface area contributed by atoms with Gasteiger partial charge in [0.05, 0.1) is 0 Å². The molecule has 0 aromatic carbocycles. The minimum Gasteiger partial charge on any atom is -0.582 e. The molecule has 0 saturated carbocycles. The first-order chi connectivity index (χ1) is 26.9. The quantitative estimate of drug-likeness (QED) is 0.171. The van der Waals surface area contributed by atoms with Crippen LogP contribution in [0.1, 0.15) is 0 Å². The molecule has 0 aliphatic heterocycles. The van der Waals surface area contributed by atoms with Gasteiger partial charge in [-0.15, -0.1) is 9.81 Å². The summed E-state index contributed by atoms with van der Waals surface area (Å²) in [6.07, 6.45) is 28.6. The van der Waals surface area contributed by atoms with Crippen LogP contribution in [-0.2, 0) is 39.0 Å². The predicted octanol–water partition coefficient (Wildman–Crippen LogP) is 1.65. The molecule has 20 nitrogen and oxygen atoms in total. The van der Waals surface area contributed by atoms with Crippen molar-refractivity contribution in [3.05, 3.63) is 157 Å². The van der Waals surface area contributed by atoms with Crippen LogP contribution in [-0.4, -0.2) is 97.1 Å². The van der Waals surface area contributed by atoms with Crippen molar-refractivity contribution in [2.45, 2.75) is 0 Å². The molecule has 34 heteroatoms. The van der Waals surface area contributed by atoms with E-state index >= 15 is 0 Å². The Morgan fingerprint density at radius 2 is 0.569 bits per heavy atom. The van der Waals surface area contributed by atoms with Gasteiger partial charge in [-0.3, -0.25) is 0 Å². The van der Waals surface area contributed by atoms with Gasteiger partial charge in [0.1, 0.15) is 11.2 Å². The van der Waals surface area contributed by atoms with E-state index in [1.54, 1.807) is 74.1 Å². The standard InChI is InChI=1S/2C9H10BN6.2C3H3N2.2BF4.2NO.2Ru/c2*1-4-11-14(7-1)10(15-8-2-5-12-15)16-9-3-6-13-16;2*1-2-4-5-3-1;2*2-1(3,4)5;2*1-2;;/h2*1-10H;2*1-3H;;;;;;/q6*-1;;;2*+3. The van der Waals surface area contributed by atoms with E-state index in [2.05, 4.69) is 51.0 Å². The molecule has 0 bridgehead atoms. The molecule has 4 radical (unpaired) electrons. The number of nitroso groups, excluding NO2 is 2. The summed E-state index contributed by atoms with van der Waals surface area (Å²) in [7, 11) is -14.2. The molecule has 0 unspecified atom stereocenters. The maximum Gasteiger partial charge on any atom is 3.00 e. The first kappa shape index (κ1) is 53.9. The predicted molar refractivity (Wildman–Crippen MR) is 187 cm³/mol. The van der Waals surface area contributed by atoms with Crippen molar-refractivity contribution in [2.24, 2.45) is 0 Å². The number of halogens is 8. The Labute approximate surface area is 348 Å². The maximum absolute atomic E-state index is 9.75. The number of rotatable bonds is 6. The van der Waals surface area contributed by atoms with Crippen LogP contribution in [0.15, 0.2) is 148 Å². The zero-order valence-electron chi connectivity index (χ0n) is 29.0. The third-order valence-electron chi connectivity index (χ3n) is 5.84. The Hall–Kier alpha value is -6.17. The molecule has 0 spiro atoms. The largest absolute Gasteiger partial charge is 3.00 e. The van der Waals surface area contributed by atoms with Crippen molar-refractivity contribution in [3.63, 3.8) is 0 Å². The number of aromatic nitrogens is 16. The van der Waals surface area contributed by atoms with E-state index in [1.165, 1.54) is 0 Å². The fourth-order valence-corrected chi connectivity index (χ4v) is 4.08. The van der Waals surface area contributed by atoms with Crippen LogP contribution in [0, 0.1) is 9.81 Å². The van der Waals surface area contributed by atoms with E-state index in [0.717, 1.165) is 0 Å². The van der Waals surface area contributed by atoms with Gasteiger partial charge in [-0.1, -0.05) is 12.1 Å². The van der Waals surface area contributed by atoms with E-state index in [-0.39, 0.29) is 39.0 Å². The van der Waals surface area contributed by atoms with Crippen LogP contribution in [0.25, 0.3) is 0 Å². The zero-order valence-corrected chi connectivity index (χ0v) is 32.5. The van der Waals surface area contributed by atoms with Crippen molar-refractivity contribution < 1.29 is 73.5 Å². The van der Waals surface area contributed by atoms with Crippen molar-refractivity contribution in [1.29, 1.82) is 0 Å². The Kier molecular flexibility index (Phi) is 28.8. The van der Waals surface area contributed by atoms with Gasteiger partial charge in [0.2, 0.25) is 0 Å². The van der Waals surface area contributed by atoms with Crippen LogP contribution in [0.2, 0.25) is 0 Å². The van der Waals surface area contributed by atoms with Gasteiger partial charge < -0.3 is 82.5 Å². The molecule has 0 amide bonds. The molecule has 0 atom stereocenters. The first-order valence-electron chi connectivity index (χ1n) is 15.1. The van der Waals surface area contributed by atoms with Crippen LogP contribution >= 0.6 is 0 Å².